The van der Waals surface area contributed by atoms with E-state index in [-0.39, 0.29) is 12.5 Å². The maximum atomic E-state index is 11.6. The van der Waals surface area contributed by atoms with Crippen LogP contribution in [0.1, 0.15) is 5.76 Å². The van der Waals surface area contributed by atoms with Crippen LogP contribution in [-0.4, -0.2) is 17.6 Å². The fourth-order valence-electron chi connectivity index (χ4n) is 1.36. The van der Waals surface area contributed by atoms with Crippen LogP contribution in [0.25, 0.3) is 0 Å². The van der Waals surface area contributed by atoms with E-state index in [1.807, 2.05) is 24.3 Å². The predicted octanol–water partition coefficient (Wildman–Crippen LogP) is 2.64. The van der Waals surface area contributed by atoms with Gasteiger partial charge in [0.25, 0.3) is 0 Å². The van der Waals surface area contributed by atoms with E-state index in [0.29, 0.717) is 11.6 Å². The van der Waals surface area contributed by atoms with E-state index in [4.69, 9.17) is 4.52 Å². The number of hydrogen-bond donors (Lipinski definition) is 2. The molecule has 2 rings (SSSR count). The number of aromatic nitrogens is 1. The molecule has 0 aliphatic rings. The Kier molecular flexibility index (Phi) is 4.19. The summed E-state index contributed by atoms with van der Waals surface area (Å²) in [6, 6.07) is 9.47. The Morgan fingerprint density at radius 2 is 2.11 bits per heavy atom. The third-order valence-electron chi connectivity index (χ3n) is 2.19. The van der Waals surface area contributed by atoms with E-state index in [2.05, 4.69) is 38.4 Å². The maximum Gasteiger partial charge on any atom is 0.244 e. The molecule has 0 aliphatic heterocycles. The van der Waals surface area contributed by atoms with E-state index < -0.39 is 0 Å². The standard InChI is InChI=1S/C12H12IN3O2/c1-8-6-11(16-18-8)15-12(17)7-14-10-4-2-9(13)3-5-10/h2-6,14H,7H2,1H3,(H,15,16,17). The summed E-state index contributed by atoms with van der Waals surface area (Å²) in [7, 11) is 0. The molecule has 0 fully saturated rings. The summed E-state index contributed by atoms with van der Waals surface area (Å²) in [5.41, 5.74) is 0.905. The number of rotatable bonds is 4. The van der Waals surface area contributed by atoms with Crippen LogP contribution < -0.4 is 10.6 Å². The highest BCUT2D eigenvalue weighted by Gasteiger charge is 2.05. The minimum atomic E-state index is -0.165. The summed E-state index contributed by atoms with van der Waals surface area (Å²) < 4.78 is 6.01. The van der Waals surface area contributed by atoms with E-state index >= 15 is 0 Å². The molecule has 1 amide bonds. The molecule has 1 aromatic heterocycles. The van der Waals surface area contributed by atoms with Crippen molar-refractivity contribution in [2.45, 2.75) is 6.92 Å². The molecule has 0 aliphatic carbocycles. The molecule has 5 nitrogen and oxygen atoms in total. The molecule has 0 unspecified atom stereocenters. The molecule has 0 radical (unpaired) electrons. The van der Waals surface area contributed by atoms with Gasteiger partial charge in [0.15, 0.2) is 5.82 Å². The van der Waals surface area contributed by atoms with Gasteiger partial charge in [-0.2, -0.15) is 0 Å². The smallest absolute Gasteiger partial charge is 0.244 e. The van der Waals surface area contributed by atoms with E-state index in [0.717, 1.165) is 9.26 Å². The Bertz CT molecular complexity index is 537. The Labute approximate surface area is 118 Å². The molecule has 1 aromatic carbocycles. The highest BCUT2D eigenvalue weighted by atomic mass is 127. The zero-order valence-corrected chi connectivity index (χ0v) is 11.9. The quantitative estimate of drug-likeness (QED) is 0.826. The molecule has 18 heavy (non-hydrogen) atoms. The lowest BCUT2D eigenvalue weighted by molar-refractivity contribution is -0.114. The first kappa shape index (κ1) is 12.9. The Hall–Kier alpha value is -1.57. The fraction of sp³-hybridized carbons (Fsp3) is 0.167. The molecule has 0 spiro atoms. The Morgan fingerprint density at radius 1 is 1.39 bits per heavy atom. The molecule has 6 heteroatoms. The number of carbonyl (C=O) groups excluding carboxylic acids is 1. The SMILES string of the molecule is Cc1cc(NC(=O)CNc2ccc(I)cc2)no1. The molecule has 94 valence electrons. The first-order valence-corrected chi connectivity index (χ1v) is 6.44. The first-order valence-electron chi connectivity index (χ1n) is 5.36. The minimum absolute atomic E-state index is 0.165. The van der Waals surface area contributed by atoms with Crippen LogP contribution >= 0.6 is 22.6 Å². The topological polar surface area (TPSA) is 67.2 Å². The van der Waals surface area contributed by atoms with Crippen molar-refractivity contribution < 1.29 is 9.32 Å². The van der Waals surface area contributed by atoms with Gasteiger partial charge in [-0.05, 0) is 53.8 Å². The van der Waals surface area contributed by atoms with Crippen LogP contribution in [-0.2, 0) is 4.79 Å². The normalized spacial score (nSPS) is 10.1. The first-order chi connectivity index (χ1) is 8.63. The fourth-order valence-corrected chi connectivity index (χ4v) is 1.72. The average Bonchev–Trinajstić information content (AvgIpc) is 2.74. The zero-order valence-electron chi connectivity index (χ0n) is 9.74. The molecule has 2 aromatic rings. The monoisotopic (exact) mass is 357 g/mol. The second kappa shape index (κ2) is 5.85. The molecule has 0 saturated heterocycles. The second-order valence-corrected chi connectivity index (χ2v) is 4.98. The van der Waals surface area contributed by atoms with Gasteiger partial charge in [0.1, 0.15) is 5.76 Å². The lowest BCUT2D eigenvalue weighted by atomic mass is 10.3. The molecule has 1 heterocycles. The number of amides is 1. The summed E-state index contributed by atoms with van der Waals surface area (Å²) in [6.45, 7) is 1.96. The van der Waals surface area contributed by atoms with Gasteiger partial charge in [0.2, 0.25) is 5.91 Å². The van der Waals surface area contributed by atoms with E-state index in [1.54, 1.807) is 13.0 Å². The zero-order chi connectivity index (χ0) is 13.0. The maximum absolute atomic E-state index is 11.6. The lowest BCUT2D eigenvalue weighted by Crippen LogP contribution is -2.21. The summed E-state index contributed by atoms with van der Waals surface area (Å²) in [5.74, 6) is 0.930. The highest BCUT2D eigenvalue weighted by molar-refractivity contribution is 14.1. The number of aryl methyl sites for hydroxylation is 1. The van der Waals surface area contributed by atoms with Crippen LogP contribution in [0, 0.1) is 10.5 Å². The average molecular weight is 357 g/mol. The van der Waals surface area contributed by atoms with Gasteiger partial charge < -0.3 is 15.2 Å². The molecule has 0 atom stereocenters. The van der Waals surface area contributed by atoms with Gasteiger partial charge >= 0.3 is 0 Å². The van der Waals surface area contributed by atoms with Gasteiger partial charge in [-0.1, -0.05) is 5.16 Å². The van der Waals surface area contributed by atoms with Crippen molar-refractivity contribution in [2.24, 2.45) is 0 Å². The largest absolute Gasteiger partial charge is 0.376 e. The third-order valence-corrected chi connectivity index (χ3v) is 2.91. The number of anilines is 2. The van der Waals surface area contributed by atoms with Gasteiger partial charge in [-0.3, -0.25) is 4.79 Å². The van der Waals surface area contributed by atoms with Crippen molar-refractivity contribution in [2.75, 3.05) is 17.2 Å². The van der Waals surface area contributed by atoms with E-state index in [1.165, 1.54) is 0 Å². The minimum Gasteiger partial charge on any atom is -0.376 e. The number of carbonyl (C=O) groups is 1. The van der Waals surface area contributed by atoms with Gasteiger partial charge in [0, 0.05) is 15.3 Å². The Morgan fingerprint density at radius 3 is 2.72 bits per heavy atom. The van der Waals surface area contributed by atoms with E-state index in [9.17, 15) is 4.79 Å². The predicted molar refractivity (Wildman–Crippen MR) is 77.5 cm³/mol. The number of hydrogen-bond acceptors (Lipinski definition) is 4. The van der Waals surface area contributed by atoms with Crippen molar-refractivity contribution >= 4 is 40.0 Å². The van der Waals surface area contributed by atoms with Crippen LogP contribution in [0.5, 0.6) is 0 Å². The van der Waals surface area contributed by atoms with Crippen molar-refractivity contribution in [3.8, 4) is 0 Å². The lowest BCUT2D eigenvalue weighted by Gasteiger charge is -2.05. The van der Waals surface area contributed by atoms with Crippen LogP contribution in [0.2, 0.25) is 0 Å². The van der Waals surface area contributed by atoms with Crippen molar-refractivity contribution in [3.05, 3.63) is 39.7 Å². The second-order valence-electron chi connectivity index (χ2n) is 3.73. The van der Waals surface area contributed by atoms with Crippen LogP contribution in [0.3, 0.4) is 0 Å². The Balaban J connectivity index is 1.83. The summed E-state index contributed by atoms with van der Waals surface area (Å²) >= 11 is 2.23. The van der Waals surface area contributed by atoms with Gasteiger partial charge in [0.05, 0.1) is 6.54 Å². The van der Waals surface area contributed by atoms with Crippen LogP contribution in [0.4, 0.5) is 11.5 Å². The third kappa shape index (κ3) is 3.73. The van der Waals surface area contributed by atoms with Gasteiger partial charge in [-0.25, -0.2) is 0 Å². The summed E-state index contributed by atoms with van der Waals surface area (Å²) in [4.78, 5) is 11.6. The molecule has 0 bridgehead atoms. The number of benzene rings is 1. The highest BCUT2D eigenvalue weighted by Crippen LogP contribution is 2.11. The molecule has 2 N–H and O–H groups in total. The number of nitrogens with one attached hydrogen (secondary N) is 2. The van der Waals surface area contributed by atoms with Crippen molar-refractivity contribution in [1.29, 1.82) is 0 Å². The number of nitrogens with zero attached hydrogens (tertiary/aromatic N) is 1. The van der Waals surface area contributed by atoms with Gasteiger partial charge in [-0.15, -0.1) is 0 Å². The van der Waals surface area contributed by atoms with Crippen molar-refractivity contribution in [3.63, 3.8) is 0 Å². The molecular formula is C12H12IN3O2. The summed E-state index contributed by atoms with van der Waals surface area (Å²) in [5, 5.41) is 9.35. The number of halogens is 1. The summed E-state index contributed by atoms with van der Waals surface area (Å²) in [6.07, 6.45) is 0. The molecular weight excluding hydrogens is 345 g/mol. The van der Waals surface area contributed by atoms with Crippen molar-refractivity contribution in [1.82, 2.24) is 5.16 Å². The molecule has 0 saturated carbocycles. The van der Waals surface area contributed by atoms with Crippen LogP contribution in [0.15, 0.2) is 34.9 Å².